The summed E-state index contributed by atoms with van der Waals surface area (Å²) in [4.78, 5) is 140. The van der Waals surface area contributed by atoms with Crippen LogP contribution in [0.15, 0.2) is 91.0 Å². The number of esters is 9. The highest BCUT2D eigenvalue weighted by Gasteiger charge is 2.64. The highest BCUT2D eigenvalue weighted by molar-refractivity contribution is 5.91. The van der Waals surface area contributed by atoms with Crippen LogP contribution in [0, 0.1) is 0 Å². The number of ether oxygens (including phenoxy) is 15. The number of nitrogens with zero attached hydrogens (tertiary/aromatic N) is 1. The Labute approximate surface area is 551 Å². The molecule has 0 aliphatic carbocycles. The van der Waals surface area contributed by atoms with E-state index in [-0.39, 0.29) is 29.8 Å². The zero-order valence-corrected chi connectivity index (χ0v) is 54.2. The molecule has 4 aliphatic rings. The van der Waals surface area contributed by atoms with Gasteiger partial charge in [-0.3, -0.25) is 33.7 Å². The third-order valence-corrected chi connectivity index (χ3v) is 16.0. The van der Waals surface area contributed by atoms with Crippen molar-refractivity contribution in [1.29, 1.82) is 0 Å². The van der Waals surface area contributed by atoms with Crippen molar-refractivity contribution in [1.82, 2.24) is 10.2 Å². The van der Waals surface area contributed by atoms with E-state index in [9.17, 15) is 58.8 Å². The van der Waals surface area contributed by atoms with Gasteiger partial charge in [-0.1, -0.05) is 67.9 Å². The van der Waals surface area contributed by atoms with E-state index in [1.54, 1.807) is 23.1 Å². The van der Waals surface area contributed by atoms with Crippen molar-refractivity contribution >= 4 is 59.6 Å². The van der Waals surface area contributed by atoms with E-state index in [4.69, 9.17) is 71.1 Å². The Bertz CT molecular complexity index is 3140. The van der Waals surface area contributed by atoms with Crippen molar-refractivity contribution in [3.05, 3.63) is 108 Å². The Hall–Kier alpha value is -8.08. The number of aliphatic hydroxyl groups is 4. The average molecular weight is 1360 g/mol. The van der Waals surface area contributed by atoms with Gasteiger partial charge in [0.1, 0.15) is 74.3 Å². The predicted molar refractivity (Wildman–Crippen MR) is 322 cm³/mol. The number of methoxy groups -OCH3 is 1. The van der Waals surface area contributed by atoms with Crippen LogP contribution in [0.1, 0.15) is 106 Å². The van der Waals surface area contributed by atoms with Crippen LogP contribution in [0.4, 0.5) is 0 Å². The van der Waals surface area contributed by atoms with Gasteiger partial charge in [0.25, 0.3) is 5.79 Å². The number of benzene rings is 3. The molecular weight excluding hydrogens is 1270 g/mol. The summed E-state index contributed by atoms with van der Waals surface area (Å²) in [5.74, 6) is -14.1. The summed E-state index contributed by atoms with van der Waals surface area (Å²) in [5, 5.41) is 47.5. The minimum atomic E-state index is -3.25. The molecule has 0 spiro atoms. The Morgan fingerprint density at radius 1 is 0.615 bits per heavy atom. The van der Waals surface area contributed by atoms with Crippen molar-refractivity contribution < 1.29 is 139 Å². The van der Waals surface area contributed by atoms with E-state index in [1.165, 1.54) is 79.7 Å². The van der Waals surface area contributed by atoms with Gasteiger partial charge in [0.2, 0.25) is 5.91 Å². The SMILES string of the molecule is CCCCN1C[C@H](OC(C)=O)[C@@H](O[C@@H]2O[C@@H](C)[C@@H](O)[C@@H](O)[C@@H]2O)[C@H](O[C@@H]2O[C@H](COC(=O)c3ccccc3)[C@H](OC(=O)c3ccccc3)[C@H](O[C@]3(C(=O)OC)C[C@H](OC(C)=O)[C@@H](NC(C)=O)[C@H]([C@H](OC(C)=O)[C@@H](COC(C)=O)OC(C)=O)O3)[C@H]2OC(=O)c2ccccc2)[C@H]1CO. The third kappa shape index (κ3) is 19.4. The van der Waals surface area contributed by atoms with E-state index < -0.39 is 208 Å². The van der Waals surface area contributed by atoms with Crippen LogP contribution in [-0.2, 0) is 105 Å². The third-order valence-electron chi connectivity index (χ3n) is 16.0. The molecular formula is C65H82N2O29. The van der Waals surface area contributed by atoms with Gasteiger partial charge in [-0.15, -0.1) is 0 Å². The van der Waals surface area contributed by atoms with Crippen molar-refractivity contribution in [2.24, 2.45) is 0 Å². The minimum absolute atomic E-state index is 0.00299. The Morgan fingerprint density at radius 3 is 1.69 bits per heavy atom. The number of hydrogen-bond acceptors (Lipinski definition) is 30. The summed E-state index contributed by atoms with van der Waals surface area (Å²) in [7, 11) is 0.857. The lowest BCUT2D eigenvalue weighted by molar-refractivity contribution is -0.381. The Morgan fingerprint density at radius 2 is 1.17 bits per heavy atom. The summed E-state index contributed by atoms with van der Waals surface area (Å²) in [5.41, 5.74) is -0.311. The molecule has 0 saturated carbocycles. The summed E-state index contributed by atoms with van der Waals surface area (Å²) in [6.45, 7) is 6.48. The molecule has 7 rings (SSSR count). The van der Waals surface area contributed by atoms with Crippen LogP contribution in [0.5, 0.6) is 0 Å². The number of aliphatic hydroxyl groups excluding tert-OH is 4. The first-order valence-electron chi connectivity index (χ1n) is 31.0. The first-order chi connectivity index (χ1) is 45.7. The molecule has 526 valence electrons. The maximum absolute atomic E-state index is 15.4. The van der Waals surface area contributed by atoms with Crippen LogP contribution in [0.25, 0.3) is 0 Å². The molecule has 4 fully saturated rings. The molecule has 1 amide bonds. The fourth-order valence-corrected chi connectivity index (χ4v) is 11.6. The molecule has 4 aliphatic heterocycles. The molecule has 0 bridgehead atoms. The number of likely N-dealkylation sites (tertiary alicyclic amines) is 1. The fourth-order valence-electron chi connectivity index (χ4n) is 11.6. The van der Waals surface area contributed by atoms with Crippen molar-refractivity contribution in [2.45, 2.75) is 197 Å². The monoisotopic (exact) mass is 1350 g/mol. The quantitative estimate of drug-likeness (QED) is 0.0523. The lowest BCUT2D eigenvalue weighted by Gasteiger charge is -2.53. The first-order valence-corrected chi connectivity index (χ1v) is 31.0. The number of rotatable bonds is 27. The van der Waals surface area contributed by atoms with Crippen LogP contribution < -0.4 is 5.32 Å². The van der Waals surface area contributed by atoms with Gasteiger partial charge < -0.3 is 96.8 Å². The highest BCUT2D eigenvalue weighted by atomic mass is 16.8. The standard InChI is InChI=1S/C65H82N2O29/c1-10-11-27-67-29-45(87-37(6)72)53(94-62-51(77)50(76)49(75)33(2)85-62)52(43(67)30-68)93-63-58(92-61(80)42-25-19-14-20-26-42)57(55(91-60(79)41-23-17-13-18-24-41)47(90-63)32-84-59(78)40-21-15-12-16-22-40)96-65(64(81)82-9)28-44(86-36(5)71)48(66-34(3)69)56(95-65)54(89-39(8)74)46(88-38(7)73)31-83-35(4)70/h12-26,33,43-58,62-63,68,75-77H,10-11,27-32H2,1-9H3,(H,66,69)/t33-,43+,44-,45-,46+,47+,48+,49+,50+,51-,52+,53+,54+,55-,56+,57-,58+,62-,63-,65-/m0/s1. The van der Waals surface area contributed by atoms with Crippen LogP contribution >= 0.6 is 0 Å². The van der Waals surface area contributed by atoms with Crippen molar-refractivity contribution in [3.8, 4) is 0 Å². The van der Waals surface area contributed by atoms with Gasteiger partial charge >= 0.3 is 53.7 Å². The second kappa shape index (κ2) is 34.7. The number of carbonyl (C=O) groups is 10. The van der Waals surface area contributed by atoms with E-state index in [0.29, 0.717) is 12.8 Å². The summed E-state index contributed by atoms with van der Waals surface area (Å²) < 4.78 is 92.8. The smallest absolute Gasteiger partial charge is 0.366 e. The molecule has 31 heteroatoms. The van der Waals surface area contributed by atoms with E-state index in [1.807, 2.05) is 6.92 Å². The van der Waals surface area contributed by atoms with Crippen LogP contribution in [0.3, 0.4) is 0 Å². The zero-order valence-electron chi connectivity index (χ0n) is 54.2. The second-order valence-electron chi connectivity index (χ2n) is 23.1. The fraction of sp³-hybridized carbons (Fsp3) is 0.569. The summed E-state index contributed by atoms with van der Waals surface area (Å²) >= 11 is 0. The van der Waals surface area contributed by atoms with Gasteiger partial charge in [-0.05, 0) is 56.3 Å². The van der Waals surface area contributed by atoms with Crippen LogP contribution in [0.2, 0.25) is 0 Å². The molecule has 0 radical (unpaired) electrons. The summed E-state index contributed by atoms with van der Waals surface area (Å²) in [6.07, 6.45) is -32.8. The molecule has 5 N–H and O–H groups in total. The lowest BCUT2D eigenvalue weighted by Crippen LogP contribution is -2.72. The minimum Gasteiger partial charge on any atom is -0.465 e. The largest absolute Gasteiger partial charge is 0.465 e. The topological polar surface area (TPSA) is 405 Å². The van der Waals surface area contributed by atoms with Gasteiger partial charge in [0, 0.05) is 48.1 Å². The highest BCUT2D eigenvalue weighted by Crippen LogP contribution is 2.43. The van der Waals surface area contributed by atoms with E-state index in [2.05, 4.69) is 5.32 Å². The number of nitrogens with one attached hydrogen (secondary N) is 1. The Balaban J connectivity index is 1.55. The molecule has 3 aromatic rings. The molecule has 0 aromatic heterocycles. The number of piperidine rings is 1. The number of unbranched alkanes of at least 4 members (excludes halogenated alkanes) is 1. The predicted octanol–water partition coefficient (Wildman–Crippen LogP) is 0.932. The maximum Gasteiger partial charge on any atom is 0.366 e. The molecule has 4 saturated heterocycles. The normalized spacial score (nSPS) is 30.3. The van der Waals surface area contributed by atoms with Gasteiger partial charge in [-0.2, -0.15) is 0 Å². The molecule has 31 nitrogen and oxygen atoms in total. The Kier molecular flexibility index (Phi) is 27.2. The molecule has 3 aromatic carbocycles. The van der Waals surface area contributed by atoms with Gasteiger partial charge in [0.05, 0.1) is 55.0 Å². The van der Waals surface area contributed by atoms with E-state index >= 15 is 9.59 Å². The molecule has 4 heterocycles. The maximum atomic E-state index is 15.4. The second-order valence-corrected chi connectivity index (χ2v) is 23.1. The molecule has 20 atom stereocenters. The number of hydrogen-bond donors (Lipinski definition) is 5. The first kappa shape index (κ1) is 75.3. The number of amides is 1. The molecule has 96 heavy (non-hydrogen) atoms. The lowest BCUT2D eigenvalue weighted by atomic mass is 9.87. The average Bonchev–Trinajstić information content (AvgIpc) is 0.744. The van der Waals surface area contributed by atoms with Crippen molar-refractivity contribution in [3.63, 3.8) is 0 Å². The van der Waals surface area contributed by atoms with E-state index in [0.717, 1.165) is 48.7 Å². The van der Waals surface area contributed by atoms with Crippen molar-refractivity contribution in [2.75, 3.05) is 40.0 Å². The zero-order chi connectivity index (χ0) is 70.1. The number of carbonyl (C=O) groups excluding carboxylic acids is 10. The molecule has 0 unspecified atom stereocenters. The summed E-state index contributed by atoms with van der Waals surface area (Å²) in [6, 6.07) is 18.9. The van der Waals surface area contributed by atoms with Crippen LogP contribution in [-0.4, -0.2) is 247 Å². The van der Waals surface area contributed by atoms with Gasteiger partial charge in [-0.25, -0.2) is 19.2 Å². The van der Waals surface area contributed by atoms with Gasteiger partial charge in [0.15, 0.2) is 37.0 Å².